The van der Waals surface area contributed by atoms with Gasteiger partial charge >= 0.3 is 0 Å². The van der Waals surface area contributed by atoms with Gasteiger partial charge in [-0.1, -0.05) is 0 Å². The van der Waals surface area contributed by atoms with Gasteiger partial charge < -0.3 is 14.8 Å². The quantitative estimate of drug-likeness (QED) is 0.830. The maximum atomic E-state index is 11.7. The Labute approximate surface area is 109 Å². The maximum absolute atomic E-state index is 11.7. The van der Waals surface area contributed by atoms with Crippen molar-refractivity contribution in [1.82, 2.24) is 20.7 Å². The highest BCUT2D eigenvalue weighted by molar-refractivity contribution is 5.91. The minimum atomic E-state index is -0.299. The van der Waals surface area contributed by atoms with Crippen LogP contribution < -0.4 is 14.8 Å². The number of amides is 1. The SMILES string of the molecule is COc1ccc(CNC(=O)c2cn[nH]n2)c(OC)c1. The fourth-order valence-electron chi connectivity index (χ4n) is 1.57. The number of benzene rings is 1. The zero-order chi connectivity index (χ0) is 13.7. The molecule has 2 N–H and O–H groups in total. The van der Waals surface area contributed by atoms with Gasteiger partial charge in [0.2, 0.25) is 0 Å². The largest absolute Gasteiger partial charge is 0.497 e. The third-order valence-electron chi connectivity index (χ3n) is 2.58. The number of carbonyl (C=O) groups excluding carboxylic acids is 1. The molecule has 1 aromatic heterocycles. The van der Waals surface area contributed by atoms with E-state index in [2.05, 4.69) is 20.7 Å². The molecule has 1 amide bonds. The summed E-state index contributed by atoms with van der Waals surface area (Å²) in [6.07, 6.45) is 1.36. The molecule has 0 radical (unpaired) electrons. The third-order valence-corrected chi connectivity index (χ3v) is 2.58. The molecule has 0 atom stereocenters. The van der Waals surface area contributed by atoms with E-state index in [0.717, 1.165) is 5.56 Å². The van der Waals surface area contributed by atoms with E-state index >= 15 is 0 Å². The predicted molar refractivity (Wildman–Crippen MR) is 67.1 cm³/mol. The van der Waals surface area contributed by atoms with Gasteiger partial charge in [0, 0.05) is 18.2 Å². The summed E-state index contributed by atoms with van der Waals surface area (Å²) in [5.74, 6) is 1.05. The highest BCUT2D eigenvalue weighted by Crippen LogP contribution is 2.24. The van der Waals surface area contributed by atoms with Gasteiger partial charge in [0.1, 0.15) is 11.5 Å². The lowest BCUT2D eigenvalue weighted by Gasteiger charge is -2.10. The lowest BCUT2D eigenvalue weighted by Crippen LogP contribution is -2.23. The van der Waals surface area contributed by atoms with Crippen LogP contribution in [0.1, 0.15) is 16.1 Å². The molecule has 0 aliphatic rings. The molecule has 0 bridgehead atoms. The Kier molecular flexibility index (Phi) is 3.97. The molecule has 0 fully saturated rings. The molecule has 7 heteroatoms. The van der Waals surface area contributed by atoms with Crippen LogP contribution >= 0.6 is 0 Å². The molecule has 1 aromatic carbocycles. The highest BCUT2D eigenvalue weighted by Gasteiger charge is 2.10. The average Bonchev–Trinajstić information content (AvgIpc) is 2.98. The Bertz CT molecular complexity index is 554. The molecule has 2 rings (SSSR count). The highest BCUT2D eigenvalue weighted by atomic mass is 16.5. The summed E-state index contributed by atoms with van der Waals surface area (Å²) in [5, 5.41) is 12.4. The maximum Gasteiger partial charge on any atom is 0.273 e. The number of hydrogen-bond donors (Lipinski definition) is 2. The Hall–Kier alpha value is -2.57. The van der Waals surface area contributed by atoms with Gasteiger partial charge in [-0.25, -0.2) is 0 Å². The minimum absolute atomic E-state index is 0.243. The van der Waals surface area contributed by atoms with E-state index in [9.17, 15) is 4.79 Å². The molecule has 0 saturated heterocycles. The molecule has 7 nitrogen and oxygen atoms in total. The number of hydrogen-bond acceptors (Lipinski definition) is 5. The first-order valence-electron chi connectivity index (χ1n) is 5.59. The normalized spacial score (nSPS) is 10.0. The second-order valence-electron chi connectivity index (χ2n) is 3.72. The Balaban J connectivity index is 2.05. The topological polar surface area (TPSA) is 89.1 Å². The van der Waals surface area contributed by atoms with Crippen LogP contribution in [-0.2, 0) is 6.54 Å². The van der Waals surface area contributed by atoms with Crippen molar-refractivity contribution in [3.8, 4) is 11.5 Å². The van der Waals surface area contributed by atoms with E-state index in [-0.39, 0.29) is 11.6 Å². The van der Waals surface area contributed by atoms with Crippen molar-refractivity contribution >= 4 is 5.91 Å². The Morgan fingerprint density at radius 3 is 2.84 bits per heavy atom. The molecule has 0 saturated carbocycles. The van der Waals surface area contributed by atoms with Crippen LogP contribution in [0.3, 0.4) is 0 Å². The summed E-state index contributed by atoms with van der Waals surface area (Å²) in [4.78, 5) is 11.7. The van der Waals surface area contributed by atoms with E-state index in [1.165, 1.54) is 6.20 Å². The molecule has 100 valence electrons. The van der Waals surface area contributed by atoms with Crippen LogP contribution in [0.4, 0.5) is 0 Å². The Morgan fingerprint density at radius 2 is 2.21 bits per heavy atom. The van der Waals surface area contributed by atoms with Crippen LogP contribution in [0.15, 0.2) is 24.4 Å². The monoisotopic (exact) mass is 262 g/mol. The van der Waals surface area contributed by atoms with Crippen molar-refractivity contribution in [3.63, 3.8) is 0 Å². The van der Waals surface area contributed by atoms with Crippen molar-refractivity contribution in [2.75, 3.05) is 14.2 Å². The number of methoxy groups -OCH3 is 2. The fourth-order valence-corrected chi connectivity index (χ4v) is 1.57. The standard InChI is InChI=1S/C12H14N4O3/c1-18-9-4-3-8(11(5-9)19-2)6-13-12(17)10-7-14-16-15-10/h3-5,7H,6H2,1-2H3,(H,13,17)(H,14,15,16). The van der Waals surface area contributed by atoms with Gasteiger partial charge in [-0.05, 0) is 12.1 Å². The summed E-state index contributed by atoms with van der Waals surface area (Å²) >= 11 is 0. The first kappa shape index (κ1) is 12.9. The molecule has 1 heterocycles. The molecular formula is C12H14N4O3. The summed E-state index contributed by atoms with van der Waals surface area (Å²) in [5.41, 5.74) is 1.09. The van der Waals surface area contributed by atoms with Gasteiger partial charge in [0.25, 0.3) is 5.91 Å². The number of carbonyl (C=O) groups is 1. The first-order chi connectivity index (χ1) is 9.24. The van der Waals surface area contributed by atoms with Crippen molar-refractivity contribution < 1.29 is 14.3 Å². The Morgan fingerprint density at radius 1 is 1.37 bits per heavy atom. The summed E-state index contributed by atoms with van der Waals surface area (Å²) < 4.78 is 10.4. The van der Waals surface area contributed by atoms with E-state index in [4.69, 9.17) is 9.47 Å². The molecule has 2 aromatic rings. The minimum Gasteiger partial charge on any atom is -0.497 e. The van der Waals surface area contributed by atoms with Crippen molar-refractivity contribution in [2.45, 2.75) is 6.54 Å². The average molecular weight is 262 g/mol. The summed E-state index contributed by atoms with van der Waals surface area (Å²) in [6, 6.07) is 5.40. The number of ether oxygens (including phenoxy) is 2. The number of H-pyrrole nitrogens is 1. The van der Waals surface area contributed by atoms with Crippen molar-refractivity contribution in [3.05, 3.63) is 35.7 Å². The van der Waals surface area contributed by atoms with Gasteiger partial charge in [-0.15, -0.1) is 0 Å². The van der Waals surface area contributed by atoms with Crippen LogP contribution in [0.25, 0.3) is 0 Å². The van der Waals surface area contributed by atoms with Crippen molar-refractivity contribution in [2.24, 2.45) is 0 Å². The van der Waals surface area contributed by atoms with Crippen molar-refractivity contribution in [1.29, 1.82) is 0 Å². The second-order valence-corrected chi connectivity index (χ2v) is 3.72. The first-order valence-corrected chi connectivity index (χ1v) is 5.59. The fraction of sp³-hybridized carbons (Fsp3) is 0.250. The molecule has 19 heavy (non-hydrogen) atoms. The third kappa shape index (κ3) is 3.01. The zero-order valence-corrected chi connectivity index (χ0v) is 10.6. The second kappa shape index (κ2) is 5.85. The molecule has 0 spiro atoms. The number of nitrogens with one attached hydrogen (secondary N) is 2. The van der Waals surface area contributed by atoms with Crippen LogP contribution in [0, 0.1) is 0 Å². The molecule has 0 aliphatic heterocycles. The van der Waals surface area contributed by atoms with Gasteiger partial charge in [-0.2, -0.15) is 15.4 Å². The summed E-state index contributed by atoms with van der Waals surface area (Å²) in [7, 11) is 3.15. The molecule has 0 aliphatic carbocycles. The lowest BCUT2D eigenvalue weighted by molar-refractivity contribution is 0.0945. The van der Waals surface area contributed by atoms with Crippen LogP contribution in [0.2, 0.25) is 0 Å². The van der Waals surface area contributed by atoms with Crippen LogP contribution in [-0.4, -0.2) is 35.5 Å². The van der Waals surface area contributed by atoms with Gasteiger partial charge in [0.05, 0.1) is 20.4 Å². The molecular weight excluding hydrogens is 248 g/mol. The van der Waals surface area contributed by atoms with E-state index in [0.29, 0.717) is 18.0 Å². The smallest absolute Gasteiger partial charge is 0.273 e. The predicted octanol–water partition coefficient (Wildman–Crippen LogP) is 0.752. The van der Waals surface area contributed by atoms with Gasteiger partial charge in [0.15, 0.2) is 5.69 Å². The molecule has 0 unspecified atom stereocenters. The number of nitrogens with zero attached hydrogens (tertiary/aromatic N) is 2. The summed E-state index contributed by atoms with van der Waals surface area (Å²) in [6.45, 7) is 0.332. The number of rotatable bonds is 5. The van der Waals surface area contributed by atoms with E-state index < -0.39 is 0 Å². The zero-order valence-electron chi connectivity index (χ0n) is 10.6. The number of aromatic amines is 1. The van der Waals surface area contributed by atoms with E-state index in [1.54, 1.807) is 26.4 Å². The van der Waals surface area contributed by atoms with Gasteiger partial charge in [-0.3, -0.25) is 4.79 Å². The van der Waals surface area contributed by atoms with E-state index in [1.807, 2.05) is 6.07 Å². The lowest BCUT2D eigenvalue weighted by atomic mass is 10.2. The van der Waals surface area contributed by atoms with Crippen LogP contribution in [0.5, 0.6) is 11.5 Å². The number of aromatic nitrogens is 3.